The van der Waals surface area contributed by atoms with Gasteiger partial charge >= 0.3 is 0 Å². The van der Waals surface area contributed by atoms with E-state index in [9.17, 15) is 14.4 Å². The molecule has 0 radical (unpaired) electrons. The number of anilines is 1. The Morgan fingerprint density at radius 3 is 2.31 bits per heavy atom. The van der Waals surface area contributed by atoms with Crippen molar-refractivity contribution >= 4 is 23.4 Å². The first kappa shape index (κ1) is 18.2. The largest absolute Gasteiger partial charge is 0.497 e. The summed E-state index contributed by atoms with van der Waals surface area (Å²) in [7, 11) is 1.57. The van der Waals surface area contributed by atoms with Crippen molar-refractivity contribution in [3.05, 3.63) is 24.3 Å². The highest BCUT2D eigenvalue weighted by atomic mass is 16.5. The smallest absolute Gasteiger partial charge is 0.243 e. The summed E-state index contributed by atoms with van der Waals surface area (Å²) in [5.74, 6) is 0.271. The van der Waals surface area contributed by atoms with Crippen LogP contribution < -0.4 is 15.4 Å². The summed E-state index contributed by atoms with van der Waals surface area (Å²) in [4.78, 5) is 38.2. The normalized spacial score (nSPS) is 16.3. The van der Waals surface area contributed by atoms with Gasteiger partial charge in [0.15, 0.2) is 0 Å². The van der Waals surface area contributed by atoms with E-state index in [1.54, 1.807) is 36.3 Å². The molecule has 0 spiro atoms. The Bertz CT molecular complexity index is 666. The van der Waals surface area contributed by atoms with Crippen LogP contribution >= 0.6 is 0 Å². The van der Waals surface area contributed by atoms with Crippen LogP contribution in [0, 0.1) is 5.92 Å². The van der Waals surface area contributed by atoms with E-state index in [2.05, 4.69) is 10.6 Å². The molecule has 1 aromatic rings. The average molecular weight is 359 g/mol. The molecule has 2 aliphatic carbocycles. The number of benzene rings is 1. The summed E-state index contributed by atoms with van der Waals surface area (Å²) in [6.07, 6.45) is 4.86. The third-order valence-electron chi connectivity index (χ3n) is 4.86. The first-order chi connectivity index (χ1) is 12.6. The van der Waals surface area contributed by atoms with Gasteiger partial charge < -0.3 is 20.3 Å². The zero-order chi connectivity index (χ0) is 18.5. The van der Waals surface area contributed by atoms with Gasteiger partial charge in [0.05, 0.1) is 20.2 Å². The van der Waals surface area contributed by atoms with Crippen LogP contribution in [0.1, 0.15) is 32.1 Å². The lowest BCUT2D eigenvalue weighted by molar-refractivity contribution is -0.142. The van der Waals surface area contributed by atoms with Crippen LogP contribution in [-0.2, 0) is 14.4 Å². The van der Waals surface area contributed by atoms with E-state index >= 15 is 0 Å². The fourth-order valence-corrected chi connectivity index (χ4v) is 2.93. The summed E-state index contributed by atoms with van der Waals surface area (Å²) in [5.41, 5.74) is 0.629. The molecule has 2 N–H and O–H groups in total. The lowest BCUT2D eigenvalue weighted by atomic mass is 9.84. The Morgan fingerprint density at radius 2 is 1.77 bits per heavy atom. The van der Waals surface area contributed by atoms with E-state index in [0.29, 0.717) is 11.4 Å². The third kappa shape index (κ3) is 4.74. The molecule has 0 saturated heterocycles. The second-order valence-corrected chi connectivity index (χ2v) is 6.88. The Labute approximate surface area is 153 Å². The van der Waals surface area contributed by atoms with Crippen molar-refractivity contribution in [1.29, 1.82) is 0 Å². The molecule has 7 heteroatoms. The number of carbonyl (C=O) groups excluding carboxylic acids is 3. The number of nitrogens with zero attached hydrogens (tertiary/aromatic N) is 1. The highest BCUT2D eigenvalue weighted by Gasteiger charge is 2.38. The molecule has 0 aromatic heterocycles. The zero-order valence-corrected chi connectivity index (χ0v) is 15.0. The quantitative estimate of drug-likeness (QED) is 0.737. The van der Waals surface area contributed by atoms with Gasteiger partial charge in [-0.3, -0.25) is 14.4 Å². The number of methoxy groups -OCH3 is 1. The monoisotopic (exact) mass is 359 g/mol. The number of hydrogen-bond donors (Lipinski definition) is 2. The van der Waals surface area contributed by atoms with Crippen molar-refractivity contribution in [2.24, 2.45) is 5.92 Å². The van der Waals surface area contributed by atoms with Crippen LogP contribution in [0.25, 0.3) is 0 Å². The van der Waals surface area contributed by atoms with E-state index in [-0.39, 0.29) is 42.8 Å². The first-order valence-corrected chi connectivity index (χ1v) is 9.08. The first-order valence-electron chi connectivity index (χ1n) is 9.08. The van der Waals surface area contributed by atoms with Crippen molar-refractivity contribution in [1.82, 2.24) is 10.2 Å². The van der Waals surface area contributed by atoms with Crippen LogP contribution in [0.2, 0.25) is 0 Å². The molecule has 7 nitrogen and oxygen atoms in total. The molecule has 2 saturated carbocycles. The summed E-state index contributed by atoms with van der Waals surface area (Å²) >= 11 is 0. The van der Waals surface area contributed by atoms with Gasteiger partial charge in [-0.2, -0.15) is 0 Å². The zero-order valence-electron chi connectivity index (χ0n) is 15.0. The number of carbonyl (C=O) groups is 3. The van der Waals surface area contributed by atoms with Gasteiger partial charge in [0, 0.05) is 17.6 Å². The van der Waals surface area contributed by atoms with E-state index < -0.39 is 0 Å². The topological polar surface area (TPSA) is 87.7 Å². The van der Waals surface area contributed by atoms with E-state index in [4.69, 9.17) is 4.74 Å². The maximum absolute atomic E-state index is 12.4. The summed E-state index contributed by atoms with van der Waals surface area (Å²) in [6, 6.07) is 7.14. The molecule has 26 heavy (non-hydrogen) atoms. The minimum Gasteiger partial charge on any atom is -0.497 e. The number of rotatable bonds is 8. The predicted molar refractivity (Wildman–Crippen MR) is 96.7 cm³/mol. The lowest BCUT2D eigenvalue weighted by Gasteiger charge is -2.31. The maximum atomic E-state index is 12.4. The molecule has 3 amide bonds. The number of ether oxygens (including phenoxy) is 1. The van der Waals surface area contributed by atoms with Gasteiger partial charge in [0.2, 0.25) is 17.7 Å². The number of nitrogens with one attached hydrogen (secondary N) is 2. The molecule has 0 heterocycles. The van der Waals surface area contributed by atoms with Crippen molar-refractivity contribution in [2.45, 2.75) is 38.1 Å². The van der Waals surface area contributed by atoms with Gasteiger partial charge in [-0.1, -0.05) is 6.42 Å². The van der Waals surface area contributed by atoms with Crippen molar-refractivity contribution < 1.29 is 19.1 Å². The van der Waals surface area contributed by atoms with Crippen LogP contribution in [0.3, 0.4) is 0 Å². The van der Waals surface area contributed by atoms with E-state index in [1.165, 1.54) is 0 Å². The maximum Gasteiger partial charge on any atom is 0.243 e. The van der Waals surface area contributed by atoms with Gasteiger partial charge in [0.1, 0.15) is 5.75 Å². The molecule has 0 unspecified atom stereocenters. The molecular formula is C19H25N3O4. The van der Waals surface area contributed by atoms with Crippen molar-refractivity contribution in [3.8, 4) is 5.75 Å². The van der Waals surface area contributed by atoms with Gasteiger partial charge in [-0.05, 0) is 49.9 Å². The van der Waals surface area contributed by atoms with Crippen LogP contribution in [-0.4, -0.2) is 48.9 Å². The summed E-state index contributed by atoms with van der Waals surface area (Å²) < 4.78 is 5.06. The van der Waals surface area contributed by atoms with Gasteiger partial charge in [-0.25, -0.2) is 0 Å². The highest BCUT2D eigenvalue weighted by Crippen LogP contribution is 2.33. The molecule has 0 aliphatic heterocycles. The van der Waals surface area contributed by atoms with Gasteiger partial charge in [0.25, 0.3) is 0 Å². The lowest BCUT2D eigenvalue weighted by Crippen LogP contribution is -2.46. The second kappa shape index (κ2) is 8.21. The number of amides is 3. The molecule has 0 atom stereocenters. The number of hydrogen-bond acceptors (Lipinski definition) is 4. The molecule has 3 rings (SSSR count). The van der Waals surface area contributed by atoms with E-state index in [0.717, 1.165) is 32.1 Å². The van der Waals surface area contributed by atoms with Crippen LogP contribution in [0.15, 0.2) is 24.3 Å². The van der Waals surface area contributed by atoms with Crippen molar-refractivity contribution in [2.75, 3.05) is 25.5 Å². The molecule has 0 bridgehead atoms. The fourth-order valence-electron chi connectivity index (χ4n) is 2.93. The fraction of sp³-hybridized carbons (Fsp3) is 0.526. The van der Waals surface area contributed by atoms with E-state index in [1.807, 2.05) is 0 Å². The Hall–Kier alpha value is -2.57. The molecule has 2 aliphatic rings. The molecular weight excluding hydrogens is 334 g/mol. The Kier molecular flexibility index (Phi) is 5.75. The van der Waals surface area contributed by atoms with Crippen molar-refractivity contribution in [3.63, 3.8) is 0 Å². The second-order valence-electron chi connectivity index (χ2n) is 6.88. The summed E-state index contributed by atoms with van der Waals surface area (Å²) in [5, 5.41) is 5.31. The minimum atomic E-state index is -0.313. The Morgan fingerprint density at radius 1 is 1.08 bits per heavy atom. The predicted octanol–water partition coefficient (Wildman–Crippen LogP) is 1.54. The third-order valence-corrected chi connectivity index (χ3v) is 4.86. The highest BCUT2D eigenvalue weighted by molar-refractivity contribution is 5.95. The Balaban J connectivity index is 1.43. The molecule has 1 aromatic carbocycles. The van der Waals surface area contributed by atoms with Gasteiger partial charge in [-0.15, -0.1) is 0 Å². The van der Waals surface area contributed by atoms with Crippen LogP contribution in [0.5, 0.6) is 5.75 Å². The summed E-state index contributed by atoms with van der Waals surface area (Å²) in [6.45, 7) is -0.0865. The minimum absolute atomic E-state index is 0.0375. The standard InChI is InChI=1S/C19H25N3O4/c1-26-16-9-5-14(6-10-16)21-17(23)11-20-18(24)12-22(15-7-8-15)19(25)13-3-2-4-13/h5-6,9-10,13,15H,2-4,7-8,11-12H2,1H3,(H,20,24)(H,21,23). The molecule has 140 valence electrons. The van der Waals surface area contributed by atoms with Crippen LogP contribution in [0.4, 0.5) is 5.69 Å². The average Bonchev–Trinajstić information content (AvgIpc) is 3.42. The SMILES string of the molecule is COc1ccc(NC(=O)CNC(=O)CN(C(=O)C2CCC2)C2CC2)cc1. The molecule has 2 fully saturated rings.